The van der Waals surface area contributed by atoms with Crippen molar-refractivity contribution in [2.75, 3.05) is 0 Å². The van der Waals surface area contributed by atoms with Gasteiger partial charge in [-0.3, -0.25) is 10.4 Å². The van der Waals surface area contributed by atoms with Gasteiger partial charge in [0.1, 0.15) is 5.69 Å². The van der Waals surface area contributed by atoms with Crippen LogP contribution in [-0.4, -0.2) is 26.5 Å². The molecule has 0 spiro atoms. The molecule has 0 fully saturated rings. The van der Waals surface area contributed by atoms with Crippen LogP contribution in [0.3, 0.4) is 0 Å². The molecule has 0 aliphatic heterocycles. The van der Waals surface area contributed by atoms with Crippen molar-refractivity contribution in [3.63, 3.8) is 0 Å². The Bertz CT molecular complexity index is 445. The molecule has 1 aromatic rings. The summed E-state index contributed by atoms with van der Waals surface area (Å²) in [6.07, 6.45) is 2.90. The van der Waals surface area contributed by atoms with E-state index in [1.165, 1.54) is 12.4 Å². The first-order chi connectivity index (χ1) is 8.56. The van der Waals surface area contributed by atoms with E-state index in [1.54, 1.807) is 6.92 Å². The molecule has 1 rings (SSSR count). The van der Waals surface area contributed by atoms with Gasteiger partial charge >= 0.3 is 24.8 Å². The van der Waals surface area contributed by atoms with Gasteiger partial charge in [-0.05, 0) is 19.1 Å². The van der Waals surface area contributed by atoms with Crippen LogP contribution >= 0.6 is 22.4 Å². The van der Waals surface area contributed by atoms with Crippen LogP contribution in [0.5, 0.6) is 5.75 Å². The van der Waals surface area contributed by atoms with Gasteiger partial charge in [-0.2, -0.15) is 5.10 Å². The average molecular weight is 335 g/mol. The second kappa shape index (κ2) is 9.05. The molecule has 6 nitrogen and oxygen atoms in total. The summed E-state index contributed by atoms with van der Waals surface area (Å²) < 4.78 is 0. The number of aryl methyl sites for hydroxylation is 1. The van der Waals surface area contributed by atoms with Gasteiger partial charge in [0.25, 0.3) is 5.75 Å². The Balaban J connectivity index is 0.00000137. The number of pyridine rings is 1. The Kier molecular flexibility index (Phi) is 8.57. The van der Waals surface area contributed by atoms with Crippen molar-refractivity contribution in [2.45, 2.75) is 13.5 Å². The topological polar surface area (TPSA) is 106 Å². The van der Waals surface area contributed by atoms with Gasteiger partial charge < -0.3 is 15.9 Å². The number of hydrogen-bond acceptors (Lipinski definition) is 4. The standard InChI is InChI=1S/C9H12N4O2S.ClH.Ni/c1-5-8(15)7(3-12-13-9(10)16)6(4-14)2-11-5;;/h2-3,14-15H,4H2,1H3,(H3,10,13,16);1H;/q;;+1. The summed E-state index contributed by atoms with van der Waals surface area (Å²) in [7, 11) is 4.26. The van der Waals surface area contributed by atoms with Gasteiger partial charge in [-0.15, -0.1) is 0 Å². The van der Waals surface area contributed by atoms with E-state index < -0.39 is 0 Å². The summed E-state index contributed by atoms with van der Waals surface area (Å²) in [6, 6.07) is 0. The van der Waals surface area contributed by atoms with E-state index in [4.69, 9.17) is 15.9 Å². The van der Waals surface area contributed by atoms with Crippen LogP contribution in [0.4, 0.5) is 0 Å². The number of aromatic nitrogens is 1. The Labute approximate surface area is 122 Å². The molecule has 1 heterocycles. The van der Waals surface area contributed by atoms with Crippen LogP contribution in [0.25, 0.3) is 0 Å². The van der Waals surface area contributed by atoms with Crippen molar-refractivity contribution >= 4 is 33.7 Å². The summed E-state index contributed by atoms with van der Waals surface area (Å²) in [6.45, 7) is 1.51. The molecule has 0 atom stereocenters. The molecule has 0 unspecified atom stereocenters. The van der Waals surface area contributed by atoms with Crippen LogP contribution in [0, 0.1) is 6.92 Å². The third-order valence-electron chi connectivity index (χ3n) is 1.93. The van der Waals surface area contributed by atoms with Gasteiger partial charge in [-0.25, -0.2) is 0 Å². The number of nitrogens with two attached hydrogens (primary N) is 1. The molecular weight excluding hydrogens is 322 g/mol. The van der Waals surface area contributed by atoms with Crippen LogP contribution in [0.15, 0.2) is 11.3 Å². The predicted molar refractivity (Wildman–Crippen MR) is 71.3 cm³/mol. The summed E-state index contributed by atoms with van der Waals surface area (Å²) in [5.74, 6) is 0.222. The Hall–Kier alpha value is -0.946. The first kappa shape index (κ1) is 17.1. The zero-order chi connectivity index (χ0) is 14.1. The van der Waals surface area contributed by atoms with E-state index in [0.717, 1.165) is 0 Å². The number of nitrogens with zero attached hydrogens (tertiary/aromatic N) is 2. The quantitative estimate of drug-likeness (QED) is 0.240. The summed E-state index contributed by atoms with van der Waals surface area (Å²) in [4.78, 5) is 3.97. The number of hydrazone groups is 1. The zero-order valence-electron chi connectivity index (χ0n) is 9.38. The first-order valence-corrected chi connectivity index (χ1v) is 6.34. The second-order valence-electron chi connectivity index (χ2n) is 3.05. The van der Waals surface area contributed by atoms with Crippen LogP contribution in [-0.2, 0) is 21.2 Å². The van der Waals surface area contributed by atoms with Gasteiger partial charge in [0, 0.05) is 11.8 Å². The average Bonchev–Trinajstić information content (AvgIpc) is 2.37. The van der Waals surface area contributed by atoms with Crippen LogP contribution in [0.2, 0.25) is 0 Å². The molecule has 9 heteroatoms. The first-order valence-electron chi connectivity index (χ1n) is 4.57. The van der Waals surface area contributed by atoms with Gasteiger partial charge in [-0.1, -0.05) is 0 Å². The number of hydrogen-bond donors (Lipinski definition) is 3. The van der Waals surface area contributed by atoms with E-state index in [2.05, 4.69) is 52.5 Å². The van der Waals surface area contributed by atoms with Gasteiger partial charge in [0.15, 0.2) is 5.11 Å². The minimum absolute atomic E-state index is 0.0408. The summed E-state index contributed by atoms with van der Waals surface area (Å²) >= 11 is 7.92. The molecule has 18 heavy (non-hydrogen) atoms. The van der Waals surface area contributed by atoms with E-state index in [0.29, 0.717) is 16.8 Å². The number of aliphatic hydroxyl groups excluding tert-OH is 1. The second-order valence-corrected chi connectivity index (χ2v) is 3.49. The van der Waals surface area contributed by atoms with Crippen molar-refractivity contribution in [2.24, 2.45) is 10.8 Å². The molecule has 0 aliphatic rings. The fourth-order valence-corrected chi connectivity index (χ4v) is 1.15. The number of aliphatic hydroxyl groups is 1. The SMILES string of the molecule is Cc1ncc(CO)c(C=NNC(N)=S)c1[OH2+].[Cl][Ni]. The van der Waals surface area contributed by atoms with E-state index >= 15 is 0 Å². The molecular formula is C9H13ClN4NiO2S+. The van der Waals surface area contributed by atoms with Gasteiger partial charge in [0.05, 0.1) is 18.4 Å². The van der Waals surface area contributed by atoms with Crippen molar-refractivity contribution < 1.29 is 24.8 Å². The Morgan fingerprint density at radius 3 is 2.89 bits per heavy atom. The molecule has 0 aromatic carbocycles. The maximum atomic E-state index is 9.09. The normalized spacial score (nSPS) is 9.83. The van der Waals surface area contributed by atoms with E-state index in [1.807, 2.05) is 0 Å². The Morgan fingerprint density at radius 2 is 2.39 bits per heavy atom. The molecule has 0 saturated heterocycles. The van der Waals surface area contributed by atoms with Crippen molar-refractivity contribution in [1.82, 2.24) is 10.4 Å². The number of rotatable bonds is 3. The van der Waals surface area contributed by atoms with E-state index in [9.17, 15) is 0 Å². The number of halogens is 1. The Morgan fingerprint density at radius 1 is 1.78 bits per heavy atom. The molecule has 1 aromatic heterocycles. The number of nitrogens with one attached hydrogen (secondary N) is 1. The van der Waals surface area contributed by atoms with Crippen molar-refractivity contribution in [3.8, 4) is 5.75 Å². The van der Waals surface area contributed by atoms with Crippen LogP contribution < -0.4 is 11.2 Å². The predicted octanol–water partition coefficient (Wildman–Crippen LogP) is 0.174. The molecule has 0 radical (unpaired) electrons. The molecule has 103 valence electrons. The monoisotopic (exact) mass is 334 g/mol. The van der Waals surface area contributed by atoms with Crippen LogP contribution in [0.1, 0.15) is 16.8 Å². The maximum absolute atomic E-state index is 9.09. The van der Waals surface area contributed by atoms with Gasteiger partial charge in [0.2, 0.25) is 0 Å². The number of thiocarbonyl (C=S) groups is 1. The van der Waals surface area contributed by atoms with E-state index in [-0.39, 0.29) is 17.5 Å². The van der Waals surface area contributed by atoms with Crippen molar-refractivity contribution in [3.05, 3.63) is 23.0 Å². The molecule has 6 N–H and O–H groups in total. The molecule has 0 saturated carbocycles. The fraction of sp³-hybridized carbons (Fsp3) is 0.222. The molecule has 0 aliphatic carbocycles. The third-order valence-corrected chi connectivity index (χ3v) is 2.02. The summed E-state index contributed by atoms with van der Waals surface area (Å²) in [5.41, 5.74) is 9.17. The molecule has 0 amide bonds. The summed E-state index contributed by atoms with van der Waals surface area (Å²) in [5, 5.41) is 20.6. The molecule has 0 bridgehead atoms. The fourth-order valence-electron chi connectivity index (χ4n) is 1.10. The minimum atomic E-state index is -0.201. The van der Waals surface area contributed by atoms with Crippen molar-refractivity contribution in [1.29, 1.82) is 0 Å². The third kappa shape index (κ3) is 5.14. The zero-order valence-corrected chi connectivity index (χ0v) is 11.9.